The number of carbonyl (C=O) groups excluding carboxylic acids is 2. The monoisotopic (exact) mass is 855 g/mol. The van der Waals surface area contributed by atoms with Crippen LogP contribution in [0, 0.1) is 0 Å². The lowest BCUT2D eigenvalue weighted by atomic mass is 10.0. The largest absolute Gasteiger partial charge is 0.493 e. The van der Waals surface area contributed by atoms with Gasteiger partial charge in [0.15, 0.2) is 28.7 Å². The van der Waals surface area contributed by atoms with Gasteiger partial charge in [-0.25, -0.2) is 0 Å². The van der Waals surface area contributed by atoms with Crippen LogP contribution in [0.2, 0.25) is 10.0 Å². The summed E-state index contributed by atoms with van der Waals surface area (Å²) in [6, 6.07) is 40.9. The number of methoxy groups -OCH3 is 1. The molecule has 0 spiro atoms. The third-order valence-corrected chi connectivity index (χ3v) is 10.0. The molecule has 0 fully saturated rings. The van der Waals surface area contributed by atoms with Crippen molar-refractivity contribution in [3.63, 3.8) is 0 Å². The van der Waals surface area contributed by atoms with E-state index in [1.54, 1.807) is 55.6 Å². The van der Waals surface area contributed by atoms with Crippen LogP contribution < -0.4 is 45.9 Å². The summed E-state index contributed by atoms with van der Waals surface area (Å²) in [7, 11) is 1.56. The van der Waals surface area contributed by atoms with Crippen molar-refractivity contribution in [1.82, 2.24) is 0 Å². The molecule has 0 saturated heterocycles. The van der Waals surface area contributed by atoms with Crippen molar-refractivity contribution in [2.75, 3.05) is 34.1 Å². The third-order valence-electron chi connectivity index (χ3n) is 9.52. The van der Waals surface area contributed by atoms with Crippen LogP contribution in [0.25, 0.3) is 10.8 Å². The lowest BCUT2D eigenvalue weighted by molar-refractivity contribution is -0.115. The van der Waals surface area contributed by atoms with E-state index >= 15 is 0 Å². The minimum absolute atomic E-state index is 0.140. The summed E-state index contributed by atoms with van der Waals surface area (Å²) in [5.41, 5.74) is 11.7. The molecule has 0 atom stereocenters. The van der Waals surface area contributed by atoms with Gasteiger partial charge in [-0.05, 0) is 94.9 Å². The van der Waals surface area contributed by atoms with E-state index in [0.29, 0.717) is 80.4 Å². The predicted molar refractivity (Wildman–Crippen MR) is 245 cm³/mol. The fraction of sp³-hybridized carbons (Fsp3) is 0.125. The highest BCUT2D eigenvalue weighted by Crippen LogP contribution is 2.39. The second-order valence-corrected chi connectivity index (χ2v) is 14.9. The number of para-hydroxylation sites is 2. The van der Waals surface area contributed by atoms with Crippen LogP contribution in [-0.4, -0.2) is 18.9 Å². The number of nitrogen functional groups attached to an aromatic ring is 1. The molecule has 0 bridgehead atoms. The SMILES string of the molecule is COc1cc(CNc2ccccc2Oc2ccc(Cl)cc2N)c(NC(C)=O)cc1OCc1ccc(NCc2ccc3ccccc3c2NC(C)=O)c(Oc2ccc(Cl)cc2)c1. The number of nitrogens with one attached hydrogen (secondary N) is 4. The molecule has 61 heavy (non-hydrogen) atoms. The lowest BCUT2D eigenvalue weighted by Gasteiger charge is -2.19. The second-order valence-electron chi connectivity index (χ2n) is 14.0. The van der Waals surface area contributed by atoms with E-state index in [1.807, 2.05) is 84.9 Å². The van der Waals surface area contributed by atoms with E-state index < -0.39 is 0 Å². The Balaban J connectivity index is 1.12. The number of anilines is 5. The van der Waals surface area contributed by atoms with Crippen molar-refractivity contribution in [2.24, 2.45) is 0 Å². The standard InChI is InChI=1S/C48H43Cl2N5O6/c1-29(56)54-42-25-47(46(58-3)23-34(42)27-53-40-10-6-7-11-44(40)61-43-21-17-36(50)24-39(43)51)59-28-31-12-20-41(45(22-31)60-37-18-15-35(49)16-19-37)52-26-33-14-13-32-8-4-5-9-38(32)48(33)55-30(2)57/h4-25,52-53H,26-28,51H2,1-3H3,(H,54,56)(H,55,57). The Morgan fingerprint density at radius 2 is 1.30 bits per heavy atom. The molecule has 7 rings (SSSR count). The second kappa shape index (κ2) is 19.3. The maximum Gasteiger partial charge on any atom is 0.221 e. The minimum atomic E-state index is -0.251. The number of hydrogen-bond donors (Lipinski definition) is 5. The molecular weight excluding hydrogens is 813 g/mol. The fourth-order valence-electron chi connectivity index (χ4n) is 6.61. The van der Waals surface area contributed by atoms with Crippen molar-refractivity contribution >= 4 is 74.2 Å². The molecular formula is C48H43Cl2N5O6. The molecule has 6 N–H and O–H groups in total. The van der Waals surface area contributed by atoms with Crippen molar-refractivity contribution in [3.05, 3.63) is 160 Å². The van der Waals surface area contributed by atoms with Crippen LogP contribution >= 0.6 is 23.2 Å². The lowest BCUT2D eigenvalue weighted by Crippen LogP contribution is -2.12. The summed E-state index contributed by atoms with van der Waals surface area (Å²) in [6.07, 6.45) is 0. The Bertz CT molecular complexity index is 2710. The summed E-state index contributed by atoms with van der Waals surface area (Å²) in [6.45, 7) is 3.78. The van der Waals surface area contributed by atoms with E-state index in [1.165, 1.54) is 13.8 Å². The number of fused-ring (bicyclic) bond motifs is 1. The van der Waals surface area contributed by atoms with Crippen LogP contribution in [0.5, 0.6) is 34.5 Å². The Hall–Kier alpha value is -7.08. The van der Waals surface area contributed by atoms with Gasteiger partial charge in [0.05, 0.1) is 29.9 Å². The number of benzene rings is 7. The molecule has 7 aromatic carbocycles. The zero-order valence-corrected chi connectivity index (χ0v) is 35.1. The Kier molecular flexibility index (Phi) is 13.3. The van der Waals surface area contributed by atoms with Gasteiger partial charge in [0.25, 0.3) is 0 Å². The first-order valence-electron chi connectivity index (χ1n) is 19.3. The summed E-state index contributed by atoms with van der Waals surface area (Å²) in [5.74, 6) is 2.62. The molecule has 0 unspecified atom stereocenters. The molecule has 310 valence electrons. The Labute approximate surface area is 363 Å². The zero-order chi connectivity index (χ0) is 42.9. The first-order valence-corrected chi connectivity index (χ1v) is 20.0. The first-order chi connectivity index (χ1) is 29.5. The highest BCUT2D eigenvalue weighted by Gasteiger charge is 2.17. The average Bonchev–Trinajstić information content (AvgIpc) is 3.24. The third kappa shape index (κ3) is 10.8. The molecule has 0 aliphatic heterocycles. The summed E-state index contributed by atoms with van der Waals surface area (Å²) in [4.78, 5) is 24.7. The predicted octanol–water partition coefficient (Wildman–Crippen LogP) is 12.0. The van der Waals surface area contributed by atoms with Gasteiger partial charge in [-0.1, -0.05) is 77.8 Å². The molecule has 0 radical (unpaired) electrons. The average molecular weight is 857 g/mol. The topological polar surface area (TPSA) is 145 Å². The summed E-state index contributed by atoms with van der Waals surface area (Å²) >= 11 is 12.3. The normalized spacial score (nSPS) is 10.8. The molecule has 0 aliphatic carbocycles. The van der Waals surface area contributed by atoms with E-state index in [2.05, 4.69) is 21.3 Å². The number of amides is 2. The van der Waals surface area contributed by atoms with Gasteiger partial charge in [0.1, 0.15) is 12.4 Å². The van der Waals surface area contributed by atoms with Gasteiger partial charge < -0.3 is 45.9 Å². The van der Waals surface area contributed by atoms with Gasteiger partial charge in [-0.2, -0.15) is 0 Å². The van der Waals surface area contributed by atoms with Gasteiger partial charge in [0.2, 0.25) is 11.8 Å². The van der Waals surface area contributed by atoms with E-state index in [4.69, 9.17) is 47.9 Å². The Morgan fingerprint density at radius 1 is 0.590 bits per heavy atom. The fourth-order valence-corrected chi connectivity index (χ4v) is 6.91. The van der Waals surface area contributed by atoms with Crippen molar-refractivity contribution in [2.45, 2.75) is 33.5 Å². The summed E-state index contributed by atoms with van der Waals surface area (Å²) < 4.78 is 24.7. The number of carbonyl (C=O) groups is 2. The smallest absolute Gasteiger partial charge is 0.221 e. The Morgan fingerprint density at radius 3 is 2.05 bits per heavy atom. The number of rotatable bonds is 16. The van der Waals surface area contributed by atoms with Crippen LogP contribution in [0.15, 0.2) is 133 Å². The van der Waals surface area contributed by atoms with Crippen molar-refractivity contribution in [1.29, 1.82) is 0 Å². The van der Waals surface area contributed by atoms with Crippen molar-refractivity contribution < 1.29 is 28.5 Å². The first kappa shape index (κ1) is 42.1. The molecule has 13 heteroatoms. The molecule has 0 heterocycles. The number of halogens is 2. The zero-order valence-electron chi connectivity index (χ0n) is 33.6. The number of nitrogens with two attached hydrogens (primary N) is 1. The molecule has 0 aromatic heterocycles. The minimum Gasteiger partial charge on any atom is -0.493 e. The highest BCUT2D eigenvalue weighted by molar-refractivity contribution is 6.31. The van der Waals surface area contributed by atoms with E-state index in [-0.39, 0.29) is 18.4 Å². The number of ether oxygens (including phenoxy) is 4. The molecule has 0 saturated carbocycles. The quantitative estimate of drug-likeness (QED) is 0.0600. The maximum absolute atomic E-state index is 12.4. The molecule has 11 nitrogen and oxygen atoms in total. The van der Waals surface area contributed by atoms with Gasteiger partial charge >= 0.3 is 0 Å². The van der Waals surface area contributed by atoms with Crippen molar-refractivity contribution in [3.8, 4) is 34.5 Å². The number of hydrogen-bond acceptors (Lipinski definition) is 9. The van der Waals surface area contributed by atoms with Gasteiger partial charge in [-0.3, -0.25) is 9.59 Å². The molecule has 7 aromatic rings. The van der Waals surface area contributed by atoms with Crippen LogP contribution in [-0.2, 0) is 29.3 Å². The summed E-state index contributed by atoms with van der Waals surface area (Å²) in [5, 5.41) is 15.9. The van der Waals surface area contributed by atoms with E-state index in [9.17, 15) is 9.59 Å². The van der Waals surface area contributed by atoms with Crippen LogP contribution in [0.4, 0.5) is 28.4 Å². The van der Waals surface area contributed by atoms with Crippen LogP contribution in [0.1, 0.15) is 30.5 Å². The highest BCUT2D eigenvalue weighted by atomic mass is 35.5. The maximum atomic E-state index is 12.4. The van der Waals surface area contributed by atoms with E-state index in [0.717, 1.165) is 33.2 Å². The van der Waals surface area contributed by atoms with Gasteiger partial charge in [0, 0.05) is 54.1 Å². The van der Waals surface area contributed by atoms with Gasteiger partial charge in [-0.15, -0.1) is 0 Å². The van der Waals surface area contributed by atoms with Crippen LogP contribution in [0.3, 0.4) is 0 Å². The molecule has 0 aliphatic rings. The molecule has 2 amide bonds.